The van der Waals surface area contributed by atoms with Crippen molar-refractivity contribution in [3.63, 3.8) is 0 Å². The van der Waals surface area contributed by atoms with Gasteiger partial charge in [-0.15, -0.1) is 12.4 Å². The molecule has 0 aromatic heterocycles. The average molecular weight is 273 g/mol. The summed E-state index contributed by atoms with van der Waals surface area (Å²) < 4.78 is 36.0. The average Bonchev–Trinajstić information content (AvgIpc) is 2.55. The van der Waals surface area contributed by atoms with Gasteiger partial charge in [0.2, 0.25) is 0 Å². The second kappa shape index (κ2) is 5.02. The zero-order chi connectivity index (χ0) is 11.8. The Morgan fingerprint density at radius 3 is 2.53 bits per heavy atom. The second-order valence-corrected chi connectivity index (χ2v) is 4.75. The van der Waals surface area contributed by atoms with E-state index >= 15 is 0 Å². The molecule has 3 nitrogen and oxygen atoms in total. The van der Waals surface area contributed by atoms with Crippen molar-refractivity contribution < 1.29 is 18.0 Å². The summed E-state index contributed by atoms with van der Waals surface area (Å²) in [6.07, 6.45) is -1.50. The quantitative estimate of drug-likeness (QED) is 0.799. The molecule has 2 aliphatic rings. The van der Waals surface area contributed by atoms with Gasteiger partial charge in [0.25, 0.3) is 0 Å². The van der Waals surface area contributed by atoms with Crippen LogP contribution in [0.5, 0.6) is 0 Å². The van der Waals surface area contributed by atoms with Crippen molar-refractivity contribution in [2.24, 2.45) is 11.3 Å². The Balaban J connectivity index is 0.00000144. The van der Waals surface area contributed by atoms with Gasteiger partial charge in [-0.2, -0.15) is 13.2 Å². The van der Waals surface area contributed by atoms with E-state index in [1.165, 1.54) is 0 Å². The minimum Gasteiger partial charge on any atom is -0.348 e. The molecule has 2 fully saturated rings. The number of carbonyl (C=O) groups is 1. The van der Waals surface area contributed by atoms with E-state index in [2.05, 4.69) is 5.32 Å². The fourth-order valence-corrected chi connectivity index (χ4v) is 2.68. The van der Waals surface area contributed by atoms with Gasteiger partial charge in [-0.1, -0.05) is 6.42 Å². The van der Waals surface area contributed by atoms with E-state index in [-0.39, 0.29) is 30.3 Å². The van der Waals surface area contributed by atoms with Gasteiger partial charge in [-0.05, 0) is 24.2 Å². The topological polar surface area (TPSA) is 41.1 Å². The fraction of sp³-hybridized carbons (Fsp3) is 0.900. The number of hydrogen-bond donors (Lipinski definition) is 2. The maximum Gasteiger partial charge on any atom is 0.471 e. The largest absolute Gasteiger partial charge is 0.471 e. The summed E-state index contributed by atoms with van der Waals surface area (Å²) in [5.74, 6) is -1.68. The Hall–Kier alpha value is -0.490. The summed E-state index contributed by atoms with van der Waals surface area (Å²) in [6.45, 7) is 1.71. The number of hydrogen-bond acceptors (Lipinski definition) is 2. The van der Waals surface area contributed by atoms with E-state index in [1.807, 2.05) is 5.32 Å². The van der Waals surface area contributed by atoms with Gasteiger partial charge in [0, 0.05) is 19.6 Å². The highest BCUT2D eigenvalue weighted by molar-refractivity contribution is 5.85. The third-order valence-corrected chi connectivity index (χ3v) is 3.85. The first kappa shape index (κ1) is 14.6. The van der Waals surface area contributed by atoms with Crippen molar-refractivity contribution in [2.75, 3.05) is 19.6 Å². The van der Waals surface area contributed by atoms with Crippen LogP contribution in [-0.2, 0) is 4.79 Å². The molecule has 0 aromatic carbocycles. The first-order chi connectivity index (χ1) is 7.44. The van der Waals surface area contributed by atoms with Crippen LogP contribution >= 0.6 is 12.4 Å². The summed E-state index contributed by atoms with van der Waals surface area (Å²) >= 11 is 0. The lowest BCUT2D eigenvalue weighted by molar-refractivity contribution is -0.174. The van der Waals surface area contributed by atoms with Crippen LogP contribution < -0.4 is 10.6 Å². The molecule has 1 amide bonds. The zero-order valence-electron chi connectivity index (χ0n) is 9.27. The Kier molecular flexibility index (Phi) is 4.30. The molecule has 7 heteroatoms. The molecule has 0 bridgehead atoms. The molecular formula is C10H16ClF3N2O. The number of carbonyl (C=O) groups excluding carboxylic acids is 1. The summed E-state index contributed by atoms with van der Waals surface area (Å²) in [6, 6.07) is 0. The monoisotopic (exact) mass is 272 g/mol. The Labute approximate surface area is 104 Å². The molecule has 17 heavy (non-hydrogen) atoms. The van der Waals surface area contributed by atoms with Crippen molar-refractivity contribution in [2.45, 2.75) is 25.4 Å². The summed E-state index contributed by atoms with van der Waals surface area (Å²) in [7, 11) is 0. The number of rotatable bonds is 2. The van der Waals surface area contributed by atoms with E-state index in [0.717, 1.165) is 25.8 Å². The minimum absolute atomic E-state index is 0. The van der Waals surface area contributed by atoms with Crippen LogP contribution in [-0.4, -0.2) is 31.7 Å². The van der Waals surface area contributed by atoms with Gasteiger partial charge in [0.1, 0.15) is 0 Å². The molecule has 1 aliphatic carbocycles. The predicted molar refractivity (Wildman–Crippen MR) is 59.0 cm³/mol. The zero-order valence-corrected chi connectivity index (χ0v) is 10.1. The van der Waals surface area contributed by atoms with Crippen molar-refractivity contribution in [1.29, 1.82) is 0 Å². The molecule has 1 unspecified atom stereocenters. The minimum atomic E-state index is -4.77. The van der Waals surface area contributed by atoms with Gasteiger partial charge in [-0.3, -0.25) is 4.79 Å². The van der Waals surface area contributed by atoms with Crippen LogP contribution in [0.4, 0.5) is 13.2 Å². The summed E-state index contributed by atoms with van der Waals surface area (Å²) in [5.41, 5.74) is 0.152. The highest BCUT2D eigenvalue weighted by Crippen LogP contribution is 2.48. The molecular weight excluding hydrogens is 257 g/mol. The summed E-state index contributed by atoms with van der Waals surface area (Å²) in [4.78, 5) is 10.7. The molecule has 1 atom stereocenters. The Morgan fingerprint density at radius 2 is 2.06 bits per heavy atom. The molecule has 0 radical (unpaired) electrons. The van der Waals surface area contributed by atoms with Gasteiger partial charge in [-0.25, -0.2) is 0 Å². The summed E-state index contributed by atoms with van der Waals surface area (Å²) in [5, 5.41) is 5.18. The lowest BCUT2D eigenvalue weighted by Gasteiger charge is -2.42. The number of alkyl halides is 3. The van der Waals surface area contributed by atoms with Crippen LogP contribution in [0.3, 0.4) is 0 Å². The number of amides is 1. The first-order valence-electron chi connectivity index (χ1n) is 5.50. The standard InChI is InChI=1S/C10H15F3N2O.ClH/c11-10(12,13)8(16)15-5-7-4-14-6-9(7)2-1-3-9;/h7,14H,1-6H2,(H,15,16);1H. The molecule has 1 heterocycles. The van der Waals surface area contributed by atoms with Crippen LogP contribution in [0.1, 0.15) is 19.3 Å². The normalized spacial score (nSPS) is 26.2. The highest BCUT2D eigenvalue weighted by atomic mass is 35.5. The van der Waals surface area contributed by atoms with E-state index in [1.54, 1.807) is 0 Å². The molecule has 1 saturated heterocycles. The molecule has 100 valence electrons. The number of nitrogens with one attached hydrogen (secondary N) is 2. The smallest absolute Gasteiger partial charge is 0.348 e. The Morgan fingerprint density at radius 1 is 1.41 bits per heavy atom. The van der Waals surface area contributed by atoms with Crippen molar-refractivity contribution >= 4 is 18.3 Å². The SMILES string of the molecule is Cl.O=C(NCC1CNCC12CCC2)C(F)(F)F. The molecule has 1 saturated carbocycles. The van der Waals surface area contributed by atoms with E-state index < -0.39 is 12.1 Å². The number of halogens is 4. The van der Waals surface area contributed by atoms with Gasteiger partial charge in [0.05, 0.1) is 0 Å². The van der Waals surface area contributed by atoms with Gasteiger partial charge >= 0.3 is 12.1 Å². The Bertz CT molecular complexity index is 292. The third-order valence-electron chi connectivity index (χ3n) is 3.85. The third kappa shape index (κ3) is 2.85. The molecule has 2 rings (SSSR count). The van der Waals surface area contributed by atoms with Crippen molar-refractivity contribution in [3.05, 3.63) is 0 Å². The fourth-order valence-electron chi connectivity index (χ4n) is 2.68. The highest BCUT2D eigenvalue weighted by Gasteiger charge is 2.48. The van der Waals surface area contributed by atoms with E-state index in [9.17, 15) is 18.0 Å². The van der Waals surface area contributed by atoms with Gasteiger partial charge < -0.3 is 10.6 Å². The molecule has 1 spiro atoms. The molecule has 1 aliphatic heterocycles. The van der Waals surface area contributed by atoms with Crippen molar-refractivity contribution in [3.8, 4) is 0 Å². The molecule has 0 aromatic rings. The lowest BCUT2D eigenvalue weighted by atomic mass is 9.63. The lowest BCUT2D eigenvalue weighted by Crippen LogP contribution is -2.45. The van der Waals surface area contributed by atoms with Crippen LogP contribution in [0, 0.1) is 11.3 Å². The van der Waals surface area contributed by atoms with Crippen LogP contribution in [0.25, 0.3) is 0 Å². The van der Waals surface area contributed by atoms with Crippen LogP contribution in [0.2, 0.25) is 0 Å². The molecule has 2 N–H and O–H groups in total. The van der Waals surface area contributed by atoms with Gasteiger partial charge in [0.15, 0.2) is 0 Å². The van der Waals surface area contributed by atoms with Crippen molar-refractivity contribution in [1.82, 2.24) is 10.6 Å². The van der Waals surface area contributed by atoms with E-state index in [4.69, 9.17) is 0 Å². The predicted octanol–water partition coefficient (Wildman–Crippen LogP) is 1.48. The first-order valence-corrected chi connectivity index (χ1v) is 5.50. The van der Waals surface area contributed by atoms with Crippen LogP contribution in [0.15, 0.2) is 0 Å². The maximum atomic E-state index is 12.0. The van der Waals surface area contributed by atoms with E-state index in [0.29, 0.717) is 6.54 Å². The maximum absolute atomic E-state index is 12.0. The second-order valence-electron chi connectivity index (χ2n) is 4.75.